The molecule has 9 nitrogen and oxygen atoms in total. The number of thiophene rings is 1. The van der Waals surface area contributed by atoms with Crippen molar-refractivity contribution in [2.24, 2.45) is 0 Å². The summed E-state index contributed by atoms with van der Waals surface area (Å²) < 4.78 is 10.6. The van der Waals surface area contributed by atoms with E-state index >= 15 is 0 Å². The number of hydrogen-bond acceptors (Lipinski definition) is 7. The van der Waals surface area contributed by atoms with Crippen LogP contribution >= 0.6 is 11.3 Å². The fraction of sp³-hybridized carbons (Fsp3) is 0.200. The highest BCUT2D eigenvalue weighted by molar-refractivity contribution is 7.13. The molecule has 4 rings (SSSR count). The Morgan fingerprint density at radius 3 is 2.35 bits per heavy atom. The number of carbonyl (C=O) groups excluding carboxylic acids is 3. The number of benzene rings is 2. The number of nitrogens with one attached hydrogen (secondary N) is 3. The van der Waals surface area contributed by atoms with Crippen LogP contribution in [0, 0.1) is 0 Å². The van der Waals surface area contributed by atoms with Crippen LogP contribution in [0.4, 0.5) is 21.0 Å². The molecule has 3 amide bonds. The van der Waals surface area contributed by atoms with Gasteiger partial charge in [-0.15, -0.1) is 11.3 Å². The van der Waals surface area contributed by atoms with E-state index in [4.69, 9.17) is 9.47 Å². The van der Waals surface area contributed by atoms with Crippen LogP contribution in [0.1, 0.15) is 42.3 Å². The lowest BCUT2D eigenvalue weighted by Crippen LogP contribution is -2.27. The quantitative estimate of drug-likeness (QED) is 0.218. The maximum Gasteiger partial charge on any atom is 0.412 e. The van der Waals surface area contributed by atoms with Gasteiger partial charge < -0.3 is 20.1 Å². The molecule has 0 aliphatic heterocycles. The topological polar surface area (TPSA) is 119 Å². The molecular weight excluding hydrogens is 528 g/mol. The number of hydrogen-bond donors (Lipinski definition) is 3. The number of anilines is 2. The van der Waals surface area contributed by atoms with Gasteiger partial charge in [0.1, 0.15) is 12.2 Å². The zero-order valence-electron chi connectivity index (χ0n) is 22.4. The lowest BCUT2D eigenvalue weighted by atomic mass is 10.1. The standard InChI is InChI=1S/C30H30N4O5S/c1-30(2,3)39-29(37)34-24-13-12-23(26-7-5-15-40-26)16-25(24)33-27(35)22-10-8-20(9-11-22)18-32-28(36)38-19-21-6-4-14-31-17-21/h4-17H,18-19H2,1-3H3,(H,32,36)(H,33,35)(H,34,37). The molecule has 10 heteroatoms. The fourth-order valence-corrected chi connectivity index (χ4v) is 4.32. The normalized spacial score (nSPS) is 10.9. The van der Waals surface area contributed by atoms with Crippen LogP contribution in [0.15, 0.2) is 84.5 Å². The molecule has 3 N–H and O–H groups in total. The van der Waals surface area contributed by atoms with Crippen molar-refractivity contribution in [1.29, 1.82) is 0 Å². The first kappa shape index (κ1) is 28.3. The van der Waals surface area contributed by atoms with Crippen LogP contribution in [-0.4, -0.2) is 28.7 Å². The molecule has 0 saturated heterocycles. The summed E-state index contributed by atoms with van der Waals surface area (Å²) in [5, 5.41) is 10.3. The molecule has 2 aromatic heterocycles. The van der Waals surface area contributed by atoms with Crippen molar-refractivity contribution in [2.75, 3.05) is 10.6 Å². The fourth-order valence-electron chi connectivity index (χ4n) is 3.59. The van der Waals surface area contributed by atoms with Crippen molar-refractivity contribution in [3.63, 3.8) is 0 Å². The van der Waals surface area contributed by atoms with Crippen molar-refractivity contribution in [2.45, 2.75) is 39.5 Å². The van der Waals surface area contributed by atoms with Gasteiger partial charge in [0.25, 0.3) is 5.91 Å². The van der Waals surface area contributed by atoms with Crippen molar-refractivity contribution in [3.8, 4) is 10.4 Å². The lowest BCUT2D eigenvalue weighted by Gasteiger charge is -2.21. The molecule has 2 heterocycles. The van der Waals surface area contributed by atoms with Gasteiger partial charge in [0, 0.05) is 34.9 Å². The Bertz CT molecular complexity index is 1450. The smallest absolute Gasteiger partial charge is 0.412 e. The monoisotopic (exact) mass is 558 g/mol. The van der Waals surface area contributed by atoms with Gasteiger partial charge in [-0.2, -0.15) is 0 Å². The van der Waals surface area contributed by atoms with Crippen molar-refractivity contribution in [1.82, 2.24) is 10.3 Å². The second-order valence-corrected chi connectivity index (χ2v) is 10.8. The number of pyridine rings is 1. The molecule has 0 aliphatic rings. The van der Waals surface area contributed by atoms with Crippen LogP contribution in [0.3, 0.4) is 0 Å². The zero-order chi connectivity index (χ0) is 28.5. The van der Waals surface area contributed by atoms with E-state index in [1.54, 1.807) is 80.9 Å². The highest BCUT2D eigenvalue weighted by Gasteiger charge is 2.19. The predicted molar refractivity (Wildman–Crippen MR) is 155 cm³/mol. The molecule has 0 spiro atoms. The van der Waals surface area contributed by atoms with E-state index < -0.39 is 17.8 Å². The summed E-state index contributed by atoms with van der Waals surface area (Å²) in [6.07, 6.45) is 2.10. The van der Waals surface area contributed by atoms with Gasteiger partial charge in [0.05, 0.1) is 11.4 Å². The first-order chi connectivity index (χ1) is 19.2. The molecule has 0 bridgehead atoms. The van der Waals surface area contributed by atoms with E-state index in [1.165, 1.54) is 0 Å². The maximum absolute atomic E-state index is 13.1. The summed E-state index contributed by atoms with van der Waals surface area (Å²) in [4.78, 5) is 42.6. The molecule has 40 heavy (non-hydrogen) atoms. The first-order valence-electron chi connectivity index (χ1n) is 12.5. The van der Waals surface area contributed by atoms with Crippen LogP contribution < -0.4 is 16.0 Å². The Labute approximate surface area is 236 Å². The zero-order valence-corrected chi connectivity index (χ0v) is 23.2. The first-order valence-corrected chi connectivity index (χ1v) is 13.4. The summed E-state index contributed by atoms with van der Waals surface area (Å²) in [6.45, 7) is 5.69. The van der Waals surface area contributed by atoms with Gasteiger partial charge >= 0.3 is 12.2 Å². The van der Waals surface area contributed by atoms with Gasteiger partial charge in [-0.3, -0.25) is 15.1 Å². The average Bonchev–Trinajstić information content (AvgIpc) is 3.47. The largest absolute Gasteiger partial charge is 0.445 e. The maximum atomic E-state index is 13.1. The minimum atomic E-state index is -0.670. The predicted octanol–water partition coefficient (Wildman–Crippen LogP) is 6.84. The second-order valence-electron chi connectivity index (χ2n) is 9.81. The molecule has 0 saturated carbocycles. The van der Waals surface area contributed by atoms with Crippen molar-refractivity contribution < 1.29 is 23.9 Å². The number of ether oxygens (including phenoxy) is 2. The lowest BCUT2D eigenvalue weighted by molar-refractivity contribution is 0.0635. The molecule has 2 aromatic carbocycles. The van der Waals surface area contributed by atoms with Gasteiger partial charge in [-0.25, -0.2) is 9.59 Å². The van der Waals surface area contributed by atoms with Crippen molar-refractivity contribution in [3.05, 3.63) is 101 Å². The number of alkyl carbamates (subject to hydrolysis) is 1. The van der Waals surface area contributed by atoms with Crippen LogP contribution in [0.5, 0.6) is 0 Å². The molecule has 0 aliphatic carbocycles. The van der Waals surface area contributed by atoms with E-state index in [0.29, 0.717) is 16.9 Å². The minimum Gasteiger partial charge on any atom is -0.445 e. The molecule has 0 radical (unpaired) electrons. The van der Waals surface area contributed by atoms with E-state index in [-0.39, 0.29) is 19.1 Å². The molecule has 206 valence electrons. The number of amides is 3. The number of aromatic nitrogens is 1. The number of carbonyl (C=O) groups is 3. The Morgan fingerprint density at radius 2 is 1.68 bits per heavy atom. The van der Waals surface area contributed by atoms with Gasteiger partial charge in [0.15, 0.2) is 0 Å². The van der Waals surface area contributed by atoms with Gasteiger partial charge in [0.2, 0.25) is 0 Å². The summed E-state index contributed by atoms with van der Waals surface area (Å²) in [5.74, 6) is -0.356. The third kappa shape index (κ3) is 8.40. The van der Waals surface area contributed by atoms with Gasteiger partial charge in [-0.05, 0) is 73.7 Å². The van der Waals surface area contributed by atoms with E-state index in [2.05, 4.69) is 20.9 Å². The summed E-state index contributed by atoms with van der Waals surface area (Å²) in [5.41, 5.74) is 3.07. The van der Waals surface area contributed by atoms with E-state index in [1.807, 2.05) is 35.7 Å². The highest BCUT2D eigenvalue weighted by atomic mass is 32.1. The number of rotatable bonds is 8. The molecule has 4 aromatic rings. The van der Waals surface area contributed by atoms with Crippen LogP contribution in [-0.2, 0) is 22.6 Å². The minimum absolute atomic E-state index is 0.122. The Balaban J connectivity index is 1.40. The third-order valence-electron chi connectivity index (χ3n) is 5.45. The second kappa shape index (κ2) is 12.9. The van der Waals surface area contributed by atoms with Crippen LogP contribution in [0.25, 0.3) is 10.4 Å². The Kier molecular flexibility index (Phi) is 9.13. The number of nitrogens with zero attached hydrogens (tertiary/aromatic N) is 1. The highest BCUT2D eigenvalue weighted by Crippen LogP contribution is 2.32. The summed E-state index contributed by atoms with van der Waals surface area (Å²) in [7, 11) is 0. The average molecular weight is 559 g/mol. The van der Waals surface area contributed by atoms with E-state index in [9.17, 15) is 14.4 Å². The summed E-state index contributed by atoms with van der Waals surface area (Å²) in [6, 6.07) is 19.8. The summed E-state index contributed by atoms with van der Waals surface area (Å²) >= 11 is 1.57. The third-order valence-corrected chi connectivity index (χ3v) is 6.37. The molecule has 0 atom stereocenters. The molecule has 0 fully saturated rings. The molecular formula is C30H30N4O5S. The van der Waals surface area contributed by atoms with Crippen molar-refractivity contribution >= 4 is 40.8 Å². The van der Waals surface area contributed by atoms with E-state index in [0.717, 1.165) is 21.6 Å². The van der Waals surface area contributed by atoms with Crippen LogP contribution in [0.2, 0.25) is 0 Å². The molecule has 0 unspecified atom stereocenters. The Hall–Kier alpha value is -4.70. The SMILES string of the molecule is CC(C)(C)OC(=O)Nc1ccc(-c2cccs2)cc1NC(=O)c1ccc(CNC(=O)OCc2cccnc2)cc1. The van der Waals surface area contributed by atoms with Gasteiger partial charge in [-0.1, -0.05) is 30.3 Å². The Morgan fingerprint density at radius 1 is 0.875 bits per heavy atom.